The molecule has 1 saturated heterocycles. The first-order valence-corrected chi connectivity index (χ1v) is 7.54. The maximum atomic E-state index is 12.1. The molecule has 2 rings (SSSR count). The van der Waals surface area contributed by atoms with E-state index >= 15 is 0 Å². The highest BCUT2D eigenvalue weighted by Crippen LogP contribution is 2.23. The molecule has 1 aromatic rings. The first kappa shape index (κ1) is 15.4. The molecule has 0 spiro atoms. The molecule has 21 heavy (non-hydrogen) atoms. The van der Waals surface area contributed by atoms with Crippen LogP contribution in [0.5, 0.6) is 0 Å². The summed E-state index contributed by atoms with van der Waals surface area (Å²) in [7, 11) is 0. The first-order valence-electron chi connectivity index (χ1n) is 6.01. The van der Waals surface area contributed by atoms with Crippen molar-refractivity contribution in [2.45, 2.75) is 12.8 Å². The average Bonchev–Trinajstić information content (AvgIpc) is 2.80. The van der Waals surface area contributed by atoms with Gasteiger partial charge in [-0.25, -0.2) is 5.01 Å². The predicted octanol–water partition coefficient (Wildman–Crippen LogP) is -0.118. The maximum Gasteiger partial charge on any atom is 0.256 e. The monoisotopic (exact) mass is 401 g/mol. The molecule has 1 heterocycles. The minimum absolute atomic E-state index is 0.0558. The number of carbonyl (C=O) groups excluding carboxylic acids is 4. The molecular formula is C13H10IN2O5-. The van der Waals surface area contributed by atoms with Crippen molar-refractivity contribution in [3.8, 4) is 0 Å². The molecule has 0 atom stereocenters. The van der Waals surface area contributed by atoms with Gasteiger partial charge in [0.1, 0.15) is 0 Å². The van der Waals surface area contributed by atoms with Gasteiger partial charge in [-0.05, 0) is 17.7 Å². The quantitative estimate of drug-likeness (QED) is 0.398. The van der Waals surface area contributed by atoms with Crippen molar-refractivity contribution < 1.29 is 24.3 Å². The Labute approximate surface area is 133 Å². The third-order valence-electron chi connectivity index (χ3n) is 2.92. The molecule has 1 aromatic carbocycles. The second-order valence-electron chi connectivity index (χ2n) is 4.27. The molecule has 8 heteroatoms. The molecule has 1 fully saturated rings. The van der Waals surface area contributed by atoms with Crippen molar-refractivity contribution >= 4 is 52.0 Å². The summed E-state index contributed by atoms with van der Waals surface area (Å²) < 4.78 is 0.0665. The van der Waals surface area contributed by atoms with Gasteiger partial charge in [0.2, 0.25) is 11.8 Å². The lowest BCUT2D eigenvalue weighted by Gasteiger charge is -2.29. The Morgan fingerprint density at radius 1 is 1.14 bits per heavy atom. The van der Waals surface area contributed by atoms with E-state index in [0.717, 1.165) is 10.0 Å². The van der Waals surface area contributed by atoms with Crippen molar-refractivity contribution in [1.29, 1.82) is 0 Å². The van der Waals surface area contributed by atoms with Crippen molar-refractivity contribution in [3.63, 3.8) is 0 Å². The maximum absolute atomic E-state index is 12.1. The molecule has 1 aliphatic heterocycles. The zero-order valence-corrected chi connectivity index (χ0v) is 12.9. The Hall–Kier alpha value is -1.97. The number of hydrogen-bond acceptors (Lipinski definition) is 5. The molecule has 0 N–H and O–H groups in total. The number of alkyl halides is 1. The van der Waals surface area contributed by atoms with Gasteiger partial charge >= 0.3 is 0 Å². The van der Waals surface area contributed by atoms with Gasteiger partial charge in [0, 0.05) is 12.8 Å². The fourth-order valence-corrected chi connectivity index (χ4v) is 2.28. The lowest BCUT2D eigenvalue weighted by molar-refractivity contribution is -0.255. The van der Waals surface area contributed by atoms with Crippen molar-refractivity contribution in [2.75, 3.05) is 9.44 Å². The van der Waals surface area contributed by atoms with E-state index in [1.165, 1.54) is 24.3 Å². The minimum atomic E-state index is -1.35. The number of aromatic carboxylic acids is 1. The van der Waals surface area contributed by atoms with Crippen LogP contribution in [0.2, 0.25) is 0 Å². The molecule has 3 amide bonds. The summed E-state index contributed by atoms with van der Waals surface area (Å²) in [6.07, 6.45) is 0.113. The van der Waals surface area contributed by atoms with Crippen LogP contribution < -0.4 is 10.1 Å². The zero-order chi connectivity index (χ0) is 15.6. The topological polar surface area (TPSA) is 97.8 Å². The fraction of sp³-hybridized carbons (Fsp3) is 0.231. The average molecular weight is 401 g/mol. The summed E-state index contributed by atoms with van der Waals surface area (Å²) in [4.78, 5) is 46.4. The normalized spacial score (nSPS) is 14.4. The van der Waals surface area contributed by atoms with Gasteiger partial charge in [0.25, 0.3) is 5.91 Å². The molecule has 0 aliphatic carbocycles. The second kappa shape index (κ2) is 6.20. The third-order valence-corrected chi connectivity index (χ3v) is 3.58. The van der Waals surface area contributed by atoms with Crippen LogP contribution in [0.4, 0.5) is 5.69 Å². The van der Waals surface area contributed by atoms with E-state index in [2.05, 4.69) is 0 Å². The van der Waals surface area contributed by atoms with Crippen LogP contribution in [-0.2, 0) is 14.4 Å². The standard InChI is InChI=1S/C13H11IN2O5/c14-7-12(19)15(16-10(17)5-6-11(16)18)9-3-1-8(2-4-9)13(20)21/h1-4H,5-7H2,(H,20,21)/p-1. The van der Waals surface area contributed by atoms with E-state index in [0.29, 0.717) is 0 Å². The Morgan fingerprint density at radius 3 is 2.10 bits per heavy atom. The number of amides is 3. The number of carboxylic acids is 1. The summed E-state index contributed by atoms with van der Waals surface area (Å²) in [5.74, 6) is -2.70. The first-order chi connectivity index (χ1) is 9.95. The van der Waals surface area contributed by atoms with Gasteiger partial charge in [-0.15, -0.1) is 0 Å². The summed E-state index contributed by atoms with van der Waals surface area (Å²) in [5, 5.41) is 12.5. The number of rotatable bonds is 4. The van der Waals surface area contributed by atoms with Crippen LogP contribution >= 0.6 is 22.6 Å². The van der Waals surface area contributed by atoms with Gasteiger partial charge in [0.05, 0.1) is 16.1 Å². The van der Waals surface area contributed by atoms with Gasteiger partial charge in [-0.1, -0.05) is 34.7 Å². The Morgan fingerprint density at radius 2 is 1.67 bits per heavy atom. The Balaban J connectivity index is 2.41. The molecule has 0 aromatic heterocycles. The predicted molar refractivity (Wildman–Crippen MR) is 78.2 cm³/mol. The Bertz CT molecular complexity index is 597. The SMILES string of the molecule is O=C([O-])c1ccc(N(C(=O)CI)N2C(=O)CCC2=O)cc1. The van der Waals surface area contributed by atoms with Crippen molar-refractivity contribution in [1.82, 2.24) is 5.01 Å². The smallest absolute Gasteiger partial charge is 0.256 e. The summed E-state index contributed by atoms with van der Waals surface area (Å²) >= 11 is 1.83. The minimum Gasteiger partial charge on any atom is -0.545 e. The van der Waals surface area contributed by atoms with E-state index in [4.69, 9.17) is 0 Å². The number of nitrogens with zero attached hydrogens (tertiary/aromatic N) is 2. The molecular weight excluding hydrogens is 391 g/mol. The molecule has 0 bridgehead atoms. The van der Waals surface area contributed by atoms with E-state index in [-0.39, 0.29) is 28.5 Å². The van der Waals surface area contributed by atoms with Crippen molar-refractivity contribution in [3.05, 3.63) is 29.8 Å². The molecule has 0 unspecified atom stereocenters. The van der Waals surface area contributed by atoms with E-state index in [9.17, 15) is 24.3 Å². The van der Waals surface area contributed by atoms with Crippen LogP contribution in [0.3, 0.4) is 0 Å². The number of imide groups is 1. The lowest BCUT2D eigenvalue weighted by Crippen LogP contribution is -2.50. The van der Waals surface area contributed by atoms with E-state index < -0.39 is 23.7 Å². The van der Waals surface area contributed by atoms with Crippen LogP contribution in [0.25, 0.3) is 0 Å². The molecule has 110 valence electrons. The zero-order valence-electron chi connectivity index (χ0n) is 10.7. The third kappa shape index (κ3) is 3.04. The van der Waals surface area contributed by atoms with Crippen LogP contribution in [-0.4, -0.2) is 33.1 Å². The number of carboxylic acid groups (broad SMARTS) is 1. The lowest BCUT2D eigenvalue weighted by atomic mass is 10.2. The van der Waals surface area contributed by atoms with Gasteiger partial charge in [-0.3, -0.25) is 14.4 Å². The number of anilines is 1. The van der Waals surface area contributed by atoms with Crippen LogP contribution in [0.15, 0.2) is 24.3 Å². The fourth-order valence-electron chi connectivity index (χ4n) is 1.95. The largest absolute Gasteiger partial charge is 0.545 e. The highest BCUT2D eigenvalue weighted by Gasteiger charge is 2.37. The van der Waals surface area contributed by atoms with Gasteiger partial charge in [-0.2, -0.15) is 5.01 Å². The number of benzene rings is 1. The van der Waals surface area contributed by atoms with E-state index in [1.54, 1.807) is 0 Å². The summed E-state index contributed by atoms with van der Waals surface area (Å²) in [5.41, 5.74) is 0.199. The van der Waals surface area contributed by atoms with Crippen LogP contribution in [0, 0.1) is 0 Å². The summed E-state index contributed by atoms with van der Waals surface area (Å²) in [6, 6.07) is 5.22. The number of hydrazine groups is 1. The van der Waals surface area contributed by atoms with Crippen LogP contribution in [0.1, 0.15) is 23.2 Å². The number of halogens is 1. The molecule has 1 aliphatic rings. The van der Waals surface area contributed by atoms with Crippen molar-refractivity contribution in [2.24, 2.45) is 0 Å². The molecule has 0 saturated carbocycles. The molecule has 7 nitrogen and oxygen atoms in total. The highest BCUT2D eigenvalue weighted by atomic mass is 127. The number of carbonyl (C=O) groups is 4. The van der Waals surface area contributed by atoms with Gasteiger partial charge < -0.3 is 9.90 Å². The van der Waals surface area contributed by atoms with E-state index in [1.807, 2.05) is 22.6 Å². The molecule has 0 radical (unpaired) electrons. The number of hydrogen-bond donors (Lipinski definition) is 0. The second-order valence-corrected chi connectivity index (χ2v) is 5.04. The summed E-state index contributed by atoms with van der Waals surface area (Å²) in [6.45, 7) is 0. The highest BCUT2D eigenvalue weighted by molar-refractivity contribution is 14.1. The van der Waals surface area contributed by atoms with Gasteiger partial charge in [0.15, 0.2) is 0 Å². The Kier molecular flexibility index (Phi) is 4.56.